The van der Waals surface area contributed by atoms with Gasteiger partial charge in [-0.1, -0.05) is 0 Å². The number of hydrogen-bond donors (Lipinski definition) is 1. The molecule has 0 atom stereocenters. The van der Waals surface area contributed by atoms with Crippen LogP contribution >= 0.6 is 0 Å². The van der Waals surface area contributed by atoms with Gasteiger partial charge in [-0.05, 0) is 25.1 Å². The third-order valence-electron chi connectivity index (χ3n) is 1.75. The highest BCUT2D eigenvalue weighted by atomic mass is 19.3. The minimum Gasteiger partial charge on any atom is -0.487 e. The normalized spacial score (nSPS) is 10.4. The van der Waals surface area contributed by atoms with E-state index in [1.54, 1.807) is 0 Å². The number of nitrogens with two attached hydrogens (primary N) is 1. The highest BCUT2D eigenvalue weighted by molar-refractivity contribution is 5.97. The molecule has 0 spiro atoms. The number of carbonyl (C=O) groups is 1. The second-order valence-electron chi connectivity index (χ2n) is 3.01. The predicted molar refractivity (Wildman–Crippen MR) is 52.4 cm³/mol. The summed E-state index contributed by atoms with van der Waals surface area (Å²) in [5, 5.41) is 0. The minimum atomic E-state index is -2.57. The molecule has 5 heteroatoms. The molecule has 0 heterocycles. The van der Waals surface area contributed by atoms with Gasteiger partial charge in [0.2, 0.25) is 0 Å². The molecule has 0 aliphatic rings. The summed E-state index contributed by atoms with van der Waals surface area (Å²) >= 11 is 0. The number of hydrogen-bond acceptors (Lipinski definition) is 3. The van der Waals surface area contributed by atoms with Gasteiger partial charge in [-0.25, -0.2) is 8.78 Å². The average molecular weight is 215 g/mol. The molecule has 0 aromatic heterocycles. The molecule has 82 valence electrons. The van der Waals surface area contributed by atoms with Crippen molar-refractivity contribution in [1.29, 1.82) is 0 Å². The smallest absolute Gasteiger partial charge is 0.272 e. The van der Waals surface area contributed by atoms with Crippen molar-refractivity contribution in [3.8, 4) is 5.75 Å². The number of alkyl halides is 2. The Hall–Kier alpha value is -1.65. The summed E-state index contributed by atoms with van der Waals surface area (Å²) in [6.07, 6.45) is -2.57. The van der Waals surface area contributed by atoms with Crippen LogP contribution in [0, 0.1) is 0 Å². The maximum atomic E-state index is 11.9. The number of ether oxygens (including phenoxy) is 1. The molecule has 0 aliphatic carbocycles. The fourth-order valence-electron chi connectivity index (χ4n) is 1.10. The van der Waals surface area contributed by atoms with Crippen LogP contribution in [0.2, 0.25) is 0 Å². The van der Waals surface area contributed by atoms with Crippen molar-refractivity contribution in [2.24, 2.45) is 0 Å². The molecule has 0 unspecified atom stereocenters. The van der Waals surface area contributed by atoms with Gasteiger partial charge in [0, 0.05) is 5.69 Å². The van der Waals surface area contributed by atoms with Crippen molar-refractivity contribution >= 4 is 11.5 Å². The zero-order chi connectivity index (χ0) is 11.4. The standard InChI is InChI=1S/C10H11F2NO2/c1-6(14)8-4-7(13)2-3-9(8)15-5-10(11)12/h2-4,10H,5,13H2,1H3. The molecule has 0 fully saturated rings. The number of anilines is 1. The quantitative estimate of drug-likeness (QED) is 0.618. The molecule has 0 bridgehead atoms. The van der Waals surface area contributed by atoms with Crippen molar-refractivity contribution < 1.29 is 18.3 Å². The summed E-state index contributed by atoms with van der Waals surface area (Å²) < 4.78 is 28.6. The number of nitrogen functional groups attached to an aromatic ring is 1. The molecule has 1 rings (SSSR count). The van der Waals surface area contributed by atoms with Gasteiger partial charge in [0.05, 0.1) is 5.56 Å². The lowest BCUT2D eigenvalue weighted by atomic mass is 10.1. The Bertz CT molecular complexity index is 366. The second kappa shape index (κ2) is 4.72. The zero-order valence-electron chi connectivity index (χ0n) is 8.17. The van der Waals surface area contributed by atoms with Crippen LogP contribution in [0.5, 0.6) is 5.75 Å². The first-order chi connectivity index (χ1) is 7.00. The van der Waals surface area contributed by atoms with E-state index >= 15 is 0 Å². The highest BCUT2D eigenvalue weighted by Gasteiger charge is 2.11. The maximum absolute atomic E-state index is 11.9. The van der Waals surface area contributed by atoms with Crippen LogP contribution in [0.25, 0.3) is 0 Å². The van der Waals surface area contributed by atoms with Crippen LogP contribution in [-0.2, 0) is 0 Å². The van der Waals surface area contributed by atoms with Crippen molar-refractivity contribution in [2.75, 3.05) is 12.3 Å². The van der Waals surface area contributed by atoms with Crippen molar-refractivity contribution in [1.82, 2.24) is 0 Å². The Balaban J connectivity index is 2.91. The van der Waals surface area contributed by atoms with E-state index in [4.69, 9.17) is 10.5 Å². The van der Waals surface area contributed by atoms with Gasteiger partial charge in [0.15, 0.2) is 5.78 Å². The average Bonchev–Trinajstić information content (AvgIpc) is 2.15. The molecule has 0 radical (unpaired) electrons. The largest absolute Gasteiger partial charge is 0.487 e. The van der Waals surface area contributed by atoms with E-state index in [2.05, 4.69) is 0 Å². The van der Waals surface area contributed by atoms with E-state index in [1.165, 1.54) is 25.1 Å². The van der Waals surface area contributed by atoms with E-state index in [1.807, 2.05) is 0 Å². The lowest BCUT2D eigenvalue weighted by molar-refractivity contribution is 0.0802. The molecule has 0 saturated heterocycles. The Morgan fingerprint density at radius 2 is 2.20 bits per heavy atom. The van der Waals surface area contributed by atoms with Crippen LogP contribution in [-0.4, -0.2) is 18.8 Å². The van der Waals surface area contributed by atoms with Crippen LogP contribution in [0.4, 0.5) is 14.5 Å². The summed E-state index contributed by atoms with van der Waals surface area (Å²) in [6, 6.07) is 4.31. The van der Waals surface area contributed by atoms with Crippen LogP contribution in [0.15, 0.2) is 18.2 Å². The summed E-state index contributed by atoms with van der Waals surface area (Å²) in [5.41, 5.74) is 6.08. The van der Waals surface area contributed by atoms with Crippen molar-refractivity contribution in [2.45, 2.75) is 13.3 Å². The first-order valence-corrected chi connectivity index (χ1v) is 4.32. The van der Waals surface area contributed by atoms with Crippen LogP contribution in [0.1, 0.15) is 17.3 Å². The highest BCUT2D eigenvalue weighted by Crippen LogP contribution is 2.22. The molecular weight excluding hydrogens is 204 g/mol. The van der Waals surface area contributed by atoms with E-state index in [0.717, 1.165) is 0 Å². The predicted octanol–water partition coefficient (Wildman–Crippen LogP) is 2.12. The van der Waals surface area contributed by atoms with E-state index in [-0.39, 0.29) is 17.1 Å². The van der Waals surface area contributed by atoms with Gasteiger partial charge in [0.25, 0.3) is 6.43 Å². The lowest BCUT2D eigenvalue weighted by Crippen LogP contribution is -2.09. The number of benzene rings is 1. The third kappa shape index (κ3) is 3.19. The molecule has 0 aliphatic heterocycles. The number of Topliss-reactive ketones (excluding diaryl/α,β-unsaturated/α-hetero) is 1. The van der Waals surface area contributed by atoms with Crippen molar-refractivity contribution in [3.63, 3.8) is 0 Å². The fourth-order valence-corrected chi connectivity index (χ4v) is 1.10. The molecule has 2 N–H and O–H groups in total. The van der Waals surface area contributed by atoms with Gasteiger partial charge < -0.3 is 10.5 Å². The van der Waals surface area contributed by atoms with Gasteiger partial charge in [0.1, 0.15) is 12.4 Å². The molecule has 3 nitrogen and oxygen atoms in total. The lowest BCUT2D eigenvalue weighted by Gasteiger charge is -2.09. The van der Waals surface area contributed by atoms with Gasteiger partial charge in [-0.15, -0.1) is 0 Å². The Morgan fingerprint density at radius 1 is 1.53 bits per heavy atom. The van der Waals surface area contributed by atoms with Crippen LogP contribution in [0.3, 0.4) is 0 Å². The van der Waals surface area contributed by atoms with E-state index in [0.29, 0.717) is 5.69 Å². The van der Waals surface area contributed by atoms with Crippen molar-refractivity contribution in [3.05, 3.63) is 23.8 Å². The first kappa shape index (κ1) is 11.4. The Morgan fingerprint density at radius 3 is 2.73 bits per heavy atom. The van der Waals surface area contributed by atoms with Gasteiger partial charge in [-0.2, -0.15) is 0 Å². The molecule has 1 aromatic carbocycles. The third-order valence-corrected chi connectivity index (χ3v) is 1.75. The Kier molecular flexibility index (Phi) is 3.60. The summed E-state index contributed by atoms with van der Waals surface area (Å²) in [7, 11) is 0. The van der Waals surface area contributed by atoms with Gasteiger partial charge in [-0.3, -0.25) is 4.79 Å². The first-order valence-electron chi connectivity index (χ1n) is 4.32. The monoisotopic (exact) mass is 215 g/mol. The summed E-state index contributed by atoms with van der Waals surface area (Å²) in [4.78, 5) is 11.1. The molecule has 1 aromatic rings. The fraction of sp³-hybridized carbons (Fsp3) is 0.300. The van der Waals surface area contributed by atoms with Gasteiger partial charge >= 0.3 is 0 Å². The molecular formula is C10H11F2NO2. The maximum Gasteiger partial charge on any atom is 0.272 e. The SMILES string of the molecule is CC(=O)c1cc(N)ccc1OCC(F)F. The number of carbonyl (C=O) groups excluding carboxylic acids is 1. The number of ketones is 1. The van der Waals surface area contributed by atoms with E-state index < -0.39 is 13.0 Å². The number of rotatable bonds is 4. The molecule has 15 heavy (non-hydrogen) atoms. The molecule has 0 saturated carbocycles. The number of halogens is 2. The zero-order valence-corrected chi connectivity index (χ0v) is 8.17. The Labute approximate surface area is 85.8 Å². The van der Waals surface area contributed by atoms with Crippen LogP contribution < -0.4 is 10.5 Å². The minimum absolute atomic E-state index is 0.136. The molecule has 0 amide bonds. The summed E-state index contributed by atoms with van der Waals surface area (Å²) in [6.45, 7) is 0.591. The van der Waals surface area contributed by atoms with E-state index in [9.17, 15) is 13.6 Å². The second-order valence-corrected chi connectivity index (χ2v) is 3.01. The topological polar surface area (TPSA) is 52.3 Å². The summed E-state index contributed by atoms with van der Waals surface area (Å²) in [5.74, 6) is -0.136.